The van der Waals surface area contributed by atoms with Crippen molar-refractivity contribution in [2.45, 2.75) is 71.9 Å². The van der Waals surface area contributed by atoms with Crippen LogP contribution >= 0.6 is 22.9 Å². The van der Waals surface area contributed by atoms with Crippen LogP contribution in [-0.4, -0.2) is 45.0 Å². The standard InChI is InChI=1S/C28H37ClN4O5S2/c1-17-23(26(35)38-16-28(5,6)7)19(14-27(2,3)4)20(15-30)24(31-17)33-12-10-18(11-13-33)25(34)32-40(36,37)22-9-8-21(29)39-22/h8-9,18H,10-14,16H2,1-7H3,(H,32,34). The lowest BCUT2D eigenvalue weighted by Crippen LogP contribution is -2.43. The third-order valence-electron chi connectivity index (χ3n) is 6.34. The molecule has 1 aliphatic heterocycles. The zero-order valence-electron chi connectivity index (χ0n) is 24.1. The van der Waals surface area contributed by atoms with Crippen molar-refractivity contribution in [1.82, 2.24) is 9.71 Å². The molecule has 9 nitrogen and oxygen atoms in total. The van der Waals surface area contributed by atoms with Gasteiger partial charge in [-0.1, -0.05) is 53.1 Å². The molecular formula is C28H37ClN4O5S2. The number of nitrogens with one attached hydrogen (secondary N) is 1. The van der Waals surface area contributed by atoms with Crippen molar-refractivity contribution in [3.8, 4) is 6.07 Å². The molecule has 0 radical (unpaired) electrons. The van der Waals surface area contributed by atoms with Gasteiger partial charge < -0.3 is 9.64 Å². The van der Waals surface area contributed by atoms with Gasteiger partial charge in [-0.05, 0) is 54.7 Å². The first kappa shape index (κ1) is 31.8. The van der Waals surface area contributed by atoms with Crippen molar-refractivity contribution in [1.29, 1.82) is 5.26 Å². The molecule has 1 fully saturated rings. The molecule has 2 aromatic rings. The highest BCUT2D eigenvalue weighted by molar-refractivity contribution is 7.92. The van der Waals surface area contributed by atoms with Gasteiger partial charge in [0, 0.05) is 19.0 Å². The van der Waals surface area contributed by atoms with Crippen LogP contribution < -0.4 is 9.62 Å². The van der Waals surface area contributed by atoms with E-state index >= 15 is 0 Å². The Bertz CT molecular complexity index is 1420. The second-order valence-electron chi connectivity index (χ2n) is 12.5. The largest absolute Gasteiger partial charge is 0.461 e. The Morgan fingerprint density at radius 1 is 1.18 bits per heavy atom. The fourth-order valence-corrected chi connectivity index (χ4v) is 7.02. The molecule has 0 unspecified atom stereocenters. The fourth-order valence-electron chi connectivity index (χ4n) is 4.49. The van der Waals surface area contributed by atoms with Crippen LogP contribution in [0.5, 0.6) is 0 Å². The number of nitriles is 1. The lowest BCUT2D eigenvalue weighted by atomic mass is 9.83. The summed E-state index contributed by atoms with van der Waals surface area (Å²) in [5, 5.41) is 10.3. The number of nitrogens with zero attached hydrogens (tertiary/aromatic N) is 3. The van der Waals surface area contributed by atoms with Crippen molar-refractivity contribution < 1.29 is 22.7 Å². The zero-order chi connectivity index (χ0) is 30.0. The number of anilines is 1. The number of hydrogen-bond donors (Lipinski definition) is 1. The highest BCUT2D eigenvalue weighted by Gasteiger charge is 2.33. The molecule has 3 heterocycles. The smallest absolute Gasteiger partial charge is 0.340 e. The Hall–Kier alpha value is -2.68. The molecule has 1 N–H and O–H groups in total. The lowest BCUT2D eigenvalue weighted by molar-refractivity contribution is -0.123. The van der Waals surface area contributed by atoms with Crippen LogP contribution in [-0.2, 0) is 26.0 Å². The number of halogens is 1. The summed E-state index contributed by atoms with van der Waals surface area (Å²) >= 11 is 6.73. The topological polar surface area (TPSA) is 129 Å². The molecular weight excluding hydrogens is 572 g/mol. The molecule has 1 saturated heterocycles. The van der Waals surface area contributed by atoms with Gasteiger partial charge in [0.1, 0.15) is 16.1 Å². The number of carbonyl (C=O) groups is 2. The maximum absolute atomic E-state index is 13.2. The number of rotatable bonds is 7. The molecule has 0 bridgehead atoms. The number of esters is 1. The van der Waals surface area contributed by atoms with Crippen molar-refractivity contribution in [2.75, 3.05) is 24.6 Å². The molecule has 2 aromatic heterocycles. The first-order valence-electron chi connectivity index (χ1n) is 13.1. The zero-order valence-corrected chi connectivity index (χ0v) is 26.4. The summed E-state index contributed by atoms with van der Waals surface area (Å²) in [5.41, 5.74) is 1.30. The summed E-state index contributed by atoms with van der Waals surface area (Å²) in [4.78, 5) is 32.7. The molecule has 218 valence electrons. The van der Waals surface area contributed by atoms with E-state index in [1.807, 2.05) is 46.4 Å². The van der Waals surface area contributed by atoms with E-state index in [1.54, 1.807) is 6.92 Å². The molecule has 0 aromatic carbocycles. The molecule has 0 spiro atoms. The van der Waals surface area contributed by atoms with Crippen LogP contribution in [0.1, 0.15) is 81.6 Å². The van der Waals surface area contributed by atoms with Gasteiger partial charge in [0.15, 0.2) is 0 Å². The van der Waals surface area contributed by atoms with E-state index in [9.17, 15) is 23.3 Å². The number of pyridine rings is 1. The third-order valence-corrected chi connectivity index (χ3v) is 9.41. The Morgan fingerprint density at radius 2 is 1.80 bits per heavy atom. The summed E-state index contributed by atoms with van der Waals surface area (Å²) < 4.78 is 33.2. The van der Waals surface area contributed by atoms with Crippen LogP contribution in [0.15, 0.2) is 16.3 Å². The summed E-state index contributed by atoms with van der Waals surface area (Å²) in [6.07, 6.45) is 1.22. The minimum atomic E-state index is -4.00. The molecule has 0 atom stereocenters. The quantitative estimate of drug-likeness (QED) is 0.409. The Labute approximate surface area is 245 Å². The normalized spacial score (nSPS) is 15.0. The monoisotopic (exact) mass is 608 g/mol. The Balaban J connectivity index is 1.85. The van der Waals surface area contributed by atoms with Crippen molar-refractivity contribution in [3.05, 3.63) is 38.9 Å². The number of thiophene rings is 1. The molecule has 1 amide bonds. The number of piperidine rings is 1. The van der Waals surface area contributed by atoms with Gasteiger partial charge in [-0.3, -0.25) is 4.79 Å². The predicted octanol–water partition coefficient (Wildman–Crippen LogP) is 5.49. The molecule has 3 rings (SSSR count). The van der Waals surface area contributed by atoms with Crippen LogP contribution in [0.2, 0.25) is 4.34 Å². The average Bonchev–Trinajstić information content (AvgIpc) is 3.28. The molecule has 1 aliphatic rings. The number of ether oxygens (including phenoxy) is 1. The number of carbonyl (C=O) groups excluding carboxylic acids is 2. The first-order chi connectivity index (χ1) is 18.4. The van der Waals surface area contributed by atoms with Gasteiger partial charge in [0.05, 0.1) is 27.8 Å². The minimum Gasteiger partial charge on any atom is -0.461 e. The fraction of sp³-hybridized carbons (Fsp3) is 0.571. The number of hydrogen-bond acceptors (Lipinski definition) is 9. The SMILES string of the molecule is Cc1nc(N2CCC(C(=O)NS(=O)(=O)c3ccc(Cl)s3)CC2)c(C#N)c(CC(C)(C)C)c1C(=O)OCC(C)(C)C. The average molecular weight is 609 g/mol. The molecule has 12 heteroatoms. The van der Waals surface area contributed by atoms with Gasteiger partial charge in [0.25, 0.3) is 10.0 Å². The Kier molecular flexibility index (Phi) is 9.59. The number of sulfonamides is 1. The van der Waals surface area contributed by atoms with Gasteiger partial charge in [-0.15, -0.1) is 11.3 Å². The van der Waals surface area contributed by atoms with E-state index in [4.69, 9.17) is 21.3 Å². The van der Waals surface area contributed by atoms with Gasteiger partial charge in [-0.2, -0.15) is 5.26 Å². The van der Waals surface area contributed by atoms with Crippen molar-refractivity contribution in [2.24, 2.45) is 16.7 Å². The molecule has 0 saturated carbocycles. The van der Waals surface area contributed by atoms with E-state index in [0.29, 0.717) is 64.9 Å². The van der Waals surface area contributed by atoms with E-state index in [0.717, 1.165) is 11.3 Å². The van der Waals surface area contributed by atoms with Crippen molar-refractivity contribution >= 4 is 50.7 Å². The maximum atomic E-state index is 13.2. The Morgan fingerprint density at radius 3 is 2.30 bits per heavy atom. The van der Waals surface area contributed by atoms with Crippen LogP contribution in [0, 0.1) is 35.0 Å². The third kappa shape index (κ3) is 7.95. The first-order valence-corrected chi connectivity index (χ1v) is 15.8. The van der Waals surface area contributed by atoms with Gasteiger partial charge in [0.2, 0.25) is 5.91 Å². The lowest BCUT2D eigenvalue weighted by Gasteiger charge is -2.34. The minimum absolute atomic E-state index is 0.0193. The van der Waals surface area contributed by atoms with Crippen LogP contribution in [0.3, 0.4) is 0 Å². The van der Waals surface area contributed by atoms with E-state index in [-0.39, 0.29) is 21.6 Å². The number of amides is 1. The van der Waals surface area contributed by atoms with Crippen LogP contribution in [0.25, 0.3) is 0 Å². The maximum Gasteiger partial charge on any atom is 0.340 e. The predicted molar refractivity (Wildman–Crippen MR) is 156 cm³/mol. The molecule has 0 aliphatic carbocycles. The van der Waals surface area contributed by atoms with Crippen molar-refractivity contribution in [3.63, 3.8) is 0 Å². The molecule has 40 heavy (non-hydrogen) atoms. The summed E-state index contributed by atoms with van der Waals surface area (Å²) in [6.45, 7) is 14.8. The number of aromatic nitrogens is 1. The van der Waals surface area contributed by atoms with Gasteiger partial charge >= 0.3 is 5.97 Å². The van der Waals surface area contributed by atoms with Crippen LogP contribution in [0.4, 0.5) is 5.82 Å². The summed E-state index contributed by atoms with van der Waals surface area (Å²) in [5.74, 6) is -1.12. The second-order valence-corrected chi connectivity index (χ2v) is 16.1. The highest BCUT2D eigenvalue weighted by Crippen LogP contribution is 2.34. The van der Waals surface area contributed by atoms with E-state index in [1.165, 1.54) is 12.1 Å². The van der Waals surface area contributed by atoms with Gasteiger partial charge in [-0.25, -0.2) is 22.9 Å². The number of aryl methyl sites for hydroxylation is 1. The summed E-state index contributed by atoms with van der Waals surface area (Å²) in [7, 11) is -4.00. The van der Waals surface area contributed by atoms with E-state index in [2.05, 4.69) is 10.8 Å². The summed E-state index contributed by atoms with van der Waals surface area (Å²) in [6, 6.07) is 5.11. The second kappa shape index (κ2) is 12.0. The van der Waals surface area contributed by atoms with E-state index < -0.39 is 27.8 Å². The highest BCUT2D eigenvalue weighted by atomic mass is 35.5.